The number of amides is 2. The van der Waals surface area contributed by atoms with Gasteiger partial charge in [-0.15, -0.1) is 0 Å². The summed E-state index contributed by atoms with van der Waals surface area (Å²) in [5, 5.41) is 4.63. The number of imide groups is 1. The highest BCUT2D eigenvalue weighted by atomic mass is 32.2. The average Bonchev–Trinajstić information content (AvgIpc) is 3.17. The molecule has 0 radical (unpaired) electrons. The summed E-state index contributed by atoms with van der Waals surface area (Å²) in [5.74, 6) is -1.89. The van der Waals surface area contributed by atoms with Crippen LogP contribution in [0.2, 0.25) is 0 Å². The molecule has 0 saturated heterocycles. The van der Waals surface area contributed by atoms with Crippen LogP contribution in [-0.4, -0.2) is 39.9 Å². The minimum absolute atomic E-state index is 0.0253. The van der Waals surface area contributed by atoms with E-state index in [0.717, 1.165) is 23.4 Å². The highest BCUT2D eigenvalue weighted by Gasteiger charge is 2.35. The molecule has 0 saturated carbocycles. The molecule has 0 aliphatic carbocycles. The van der Waals surface area contributed by atoms with Gasteiger partial charge in [-0.05, 0) is 62.4 Å². The molecule has 10 nitrogen and oxygen atoms in total. The Morgan fingerprint density at radius 1 is 0.659 bits per heavy atom. The summed E-state index contributed by atoms with van der Waals surface area (Å²) in [5.41, 5.74) is 2.06. The quantitative estimate of drug-likeness (QED) is 0.167. The standard InChI is InChI=1S/C29H22N2O8S2/c1-19-7-13-23(14-8-19)40(34,35)38-22-12-11-21(18-30-31-28(32)25-5-3-4-6-26(25)29(31)33)27(17-22)39-41(36,37)24-15-9-20(2)10-16-24/h3-18H,1-2H3/b30-18+. The lowest BCUT2D eigenvalue weighted by atomic mass is 10.1. The fourth-order valence-corrected chi connectivity index (χ4v) is 5.77. The Hall–Kier alpha value is -4.81. The van der Waals surface area contributed by atoms with E-state index in [1.165, 1.54) is 48.5 Å². The lowest BCUT2D eigenvalue weighted by molar-refractivity contribution is 0.0659. The van der Waals surface area contributed by atoms with Gasteiger partial charge in [0.05, 0.1) is 17.3 Å². The van der Waals surface area contributed by atoms with E-state index in [1.807, 2.05) is 0 Å². The van der Waals surface area contributed by atoms with Gasteiger partial charge in [-0.25, -0.2) is 0 Å². The highest BCUT2D eigenvalue weighted by Crippen LogP contribution is 2.30. The van der Waals surface area contributed by atoms with Crippen LogP contribution in [0.15, 0.2) is 106 Å². The molecule has 4 aromatic carbocycles. The van der Waals surface area contributed by atoms with E-state index in [0.29, 0.717) is 5.01 Å². The van der Waals surface area contributed by atoms with E-state index in [4.69, 9.17) is 8.37 Å². The molecule has 41 heavy (non-hydrogen) atoms. The van der Waals surface area contributed by atoms with Gasteiger partial charge in [-0.1, -0.05) is 47.5 Å². The Morgan fingerprint density at radius 3 is 1.66 bits per heavy atom. The predicted octanol–water partition coefficient (Wildman–Crippen LogP) is 4.47. The summed E-state index contributed by atoms with van der Waals surface area (Å²) in [6.45, 7) is 3.60. The van der Waals surface area contributed by atoms with Gasteiger partial charge in [0.2, 0.25) is 0 Å². The molecule has 1 aliphatic heterocycles. The summed E-state index contributed by atoms with van der Waals surface area (Å²) < 4.78 is 62.5. The van der Waals surface area contributed by atoms with E-state index in [9.17, 15) is 26.4 Å². The maximum Gasteiger partial charge on any atom is 0.339 e. The van der Waals surface area contributed by atoms with Crippen molar-refractivity contribution in [1.29, 1.82) is 0 Å². The molecule has 1 heterocycles. The normalized spacial score (nSPS) is 13.5. The first kappa shape index (κ1) is 27.7. The predicted molar refractivity (Wildman–Crippen MR) is 149 cm³/mol. The smallest absolute Gasteiger partial charge is 0.339 e. The van der Waals surface area contributed by atoms with Crippen molar-refractivity contribution in [1.82, 2.24) is 5.01 Å². The van der Waals surface area contributed by atoms with E-state index < -0.39 is 32.1 Å². The largest absolute Gasteiger partial charge is 0.379 e. The van der Waals surface area contributed by atoms with Gasteiger partial charge in [0, 0.05) is 11.6 Å². The summed E-state index contributed by atoms with van der Waals surface area (Å²) in [6, 6.07) is 21.7. The molecule has 2 amide bonds. The molecule has 0 aromatic heterocycles. The van der Waals surface area contributed by atoms with Crippen molar-refractivity contribution < 1.29 is 34.8 Å². The second kappa shape index (κ2) is 10.6. The number of fused-ring (bicyclic) bond motifs is 1. The average molecular weight is 591 g/mol. The van der Waals surface area contributed by atoms with Crippen LogP contribution >= 0.6 is 0 Å². The van der Waals surface area contributed by atoms with E-state index in [-0.39, 0.29) is 38.0 Å². The molecule has 5 rings (SSSR count). The number of aryl methyl sites for hydroxylation is 2. The Bertz CT molecular complexity index is 1880. The molecule has 0 atom stereocenters. The van der Waals surface area contributed by atoms with Crippen LogP contribution in [0.4, 0.5) is 0 Å². The van der Waals surface area contributed by atoms with Crippen molar-refractivity contribution in [2.75, 3.05) is 0 Å². The zero-order valence-electron chi connectivity index (χ0n) is 21.7. The zero-order valence-corrected chi connectivity index (χ0v) is 23.3. The van der Waals surface area contributed by atoms with Gasteiger partial charge < -0.3 is 8.37 Å². The number of benzene rings is 4. The maximum atomic E-state index is 13.1. The Kier molecular flexibility index (Phi) is 7.20. The molecule has 0 bridgehead atoms. The molecular formula is C29H22N2O8S2. The third kappa shape index (κ3) is 5.74. The number of hydrazone groups is 1. The monoisotopic (exact) mass is 590 g/mol. The summed E-state index contributed by atoms with van der Waals surface area (Å²) in [6.07, 6.45) is 1.07. The molecule has 12 heteroatoms. The second-order valence-corrected chi connectivity index (χ2v) is 12.2. The van der Waals surface area contributed by atoms with Crippen LogP contribution in [0.1, 0.15) is 37.4 Å². The Labute approximate surface area is 236 Å². The van der Waals surface area contributed by atoms with Crippen molar-refractivity contribution in [3.8, 4) is 11.5 Å². The van der Waals surface area contributed by atoms with Crippen molar-refractivity contribution in [3.05, 3.63) is 119 Å². The lowest BCUT2D eigenvalue weighted by Crippen LogP contribution is -2.24. The van der Waals surface area contributed by atoms with Crippen molar-refractivity contribution in [2.45, 2.75) is 23.6 Å². The van der Waals surface area contributed by atoms with Crippen molar-refractivity contribution in [3.63, 3.8) is 0 Å². The van der Waals surface area contributed by atoms with Gasteiger partial charge in [0.15, 0.2) is 5.75 Å². The first-order valence-electron chi connectivity index (χ1n) is 12.1. The van der Waals surface area contributed by atoms with E-state index in [1.54, 1.807) is 50.2 Å². The topological polar surface area (TPSA) is 136 Å². The van der Waals surface area contributed by atoms with Crippen LogP contribution in [-0.2, 0) is 20.2 Å². The van der Waals surface area contributed by atoms with E-state index >= 15 is 0 Å². The second-order valence-electron chi connectivity index (χ2n) is 9.11. The van der Waals surface area contributed by atoms with Gasteiger partial charge in [-0.3, -0.25) is 9.59 Å². The first-order valence-corrected chi connectivity index (χ1v) is 14.9. The number of hydrogen-bond donors (Lipinski definition) is 0. The number of rotatable bonds is 8. The van der Waals surface area contributed by atoms with Gasteiger partial charge in [-0.2, -0.15) is 26.9 Å². The molecular weight excluding hydrogens is 568 g/mol. The minimum Gasteiger partial charge on any atom is -0.379 e. The number of carbonyl (C=O) groups excluding carboxylic acids is 2. The van der Waals surface area contributed by atoms with Crippen molar-refractivity contribution >= 4 is 38.3 Å². The number of hydrogen-bond acceptors (Lipinski definition) is 9. The zero-order chi connectivity index (χ0) is 29.4. The van der Waals surface area contributed by atoms with Gasteiger partial charge >= 0.3 is 20.2 Å². The molecule has 0 spiro atoms. The Balaban J connectivity index is 1.51. The molecule has 0 unspecified atom stereocenters. The number of carbonyl (C=O) groups is 2. The van der Waals surface area contributed by atoms with Crippen LogP contribution in [0.25, 0.3) is 0 Å². The summed E-state index contributed by atoms with van der Waals surface area (Å²) in [4.78, 5) is 25.1. The third-order valence-corrected chi connectivity index (χ3v) is 8.60. The fraction of sp³-hybridized carbons (Fsp3) is 0.0690. The highest BCUT2D eigenvalue weighted by molar-refractivity contribution is 7.87. The van der Waals surface area contributed by atoms with Gasteiger partial charge in [0.25, 0.3) is 11.8 Å². The fourth-order valence-electron chi connectivity index (χ4n) is 3.90. The molecule has 0 N–H and O–H groups in total. The third-order valence-electron chi connectivity index (χ3n) is 6.09. The molecule has 4 aromatic rings. The molecule has 208 valence electrons. The van der Waals surface area contributed by atoms with Crippen LogP contribution in [0.3, 0.4) is 0 Å². The van der Waals surface area contributed by atoms with Crippen LogP contribution in [0, 0.1) is 13.8 Å². The summed E-state index contributed by atoms with van der Waals surface area (Å²) in [7, 11) is -8.65. The van der Waals surface area contributed by atoms with Crippen LogP contribution in [0.5, 0.6) is 11.5 Å². The SMILES string of the molecule is Cc1ccc(S(=O)(=O)Oc2ccc(/C=N/N3C(=O)c4ccccc4C3=O)c(OS(=O)(=O)c3ccc(C)cc3)c2)cc1. The van der Waals surface area contributed by atoms with Gasteiger partial charge in [0.1, 0.15) is 15.5 Å². The maximum absolute atomic E-state index is 13.1. The molecule has 1 aliphatic rings. The Morgan fingerprint density at radius 2 is 1.15 bits per heavy atom. The van der Waals surface area contributed by atoms with Crippen LogP contribution < -0.4 is 8.37 Å². The summed E-state index contributed by atoms with van der Waals surface area (Å²) >= 11 is 0. The minimum atomic E-state index is -4.39. The first-order chi connectivity index (χ1) is 19.4. The number of nitrogens with zero attached hydrogens (tertiary/aromatic N) is 2. The van der Waals surface area contributed by atoms with E-state index in [2.05, 4.69) is 5.10 Å². The molecule has 0 fully saturated rings. The lowest BCUT2D eigenvalue weighted by Gasteiger charge is -2.13. The van der Waals surface area contributed by atoms with Crippen molar-refractivity contribution in [2.24, 2.45) is 5.10 Å².